The van der Waals surface area contributed by atoms with Gasteiger partial charge in [0.2, 0.25) is 0 Å². The molecule has 0 unspecified atom stereocenters. The molecule has 0 aliphatic carbocycles. The van der Waals surface area contributed by atoms with E-state index in [1.54, 1.807) is 43.3 Å². The van der Waals surface area contributed by atoms with Crippen molar-refractivity contribution in [3.05, 3.63) is 52.0 Å². The Bertz CT molecular complexity index is 996. The number of aliphatic carboxylic acids is 1. The molecule has 30 heavy (non-hydrogen) atoms. The minimum Gasteiger partial charge on any atom is -0.497 e. The molecule has 0 bridgehead atoms. The molecular weight excluding hydrogens is 456 g/mol. The van der Waals surface area contributed by atoms with Gasteiger partial charge in [-0.3, -0.25) is 4.79 Å². The third-order valence-electron chi connectivity index (χ3n) is 3.70. The molecule has 0 radical (unpaired) electrons. The van der Waals surface area contributed by atoms with Crippen LogP contribution in [0, 0.1) is 11.3 Å². The second-order valence-electron chi connectivity index (χ2n) is 5.80. The van der Waals surface area contributed by atoms with Crippen molar-refractivity contribution in [1.82, 2.24) is 0 Å². The number of carboxylic acid groups (broad SMARTS) is 1. The summed E-state index contributed by atoms with van der Waals surface area (Å²) in [4.78, 5) is 23.3. The molecule has 2 N–H and O–H groups in total. The average molecular weight is 475 g/mol. The van der Waals surface area contributed by atoms with Crippen LogP contribution in [0.15, 0.2) is 46.4 Å². The average Bonchev–Trinajstić information content (AvgIpc) is 2.72. The van der Waals surface area contributed by atoms with Crippen LogP contribution in [0.3, 0.4) is 0 Å². The minimum absolute atomic E-state index is 0.126. The standard InChI is InChI=1S/C21H19BrN2O6/c1-3-29-18-10-13(9-17(22)20(18)30-12-19(25)26)8-14(11-23)21(27)24-15-4-6-16(28-2)7-5-15/h4-10H,3,12H2,1-2H3,(H,24,27)(H,25,26)/b14-8+. The summed E-state index contributed by atoms with van der Waals surface area (Å²) in [6, 6.07) is 11.7. The van der Waals surface area contributed by atoms with Crippen LogP contribution in [0.5, 0.6) is 17.2 Å². The number of rotatable bonds is 9. The van der Waals surface area contributed by atoms with E-state index < -0.39 is 18.5 Å². The fraction of sp³-hybridized carbons (Fsp3) is 0.190. The lowest BCUT2D eigenvalue weighted by Crippen LogP contribution is -2.13. The molecule has 9 heteroatoms. The number of nitrogens with one attached hydrogen (secondary N) is 1. The van der Waals surface area contributed by atoms with Gasteiger partial charge in [0.05, 0.1) is 18.2 Å². The van der Waals surface area contributed by atoms with Gasteiger partial charge in [0, 0.05) is 5.69 Å². The number of anilines is 1. The predicted octanol–water partition coefficient (Wildman–Crippen LogP) is 3.87. The summed E-state index contributed by atoms with van der Waals surface area (Å²) in [6.07, 6.45) is 1.40. The minimum atomic E-state index is -1.13. The zero-order chi connectivity index (χ0) is 22.1. The molecule has 0 spiro atoms. The van der Waals surface area contributed by atoms with Crippen LogP contribution >= 0.6 is 15.9 Å². The van der Waals surface area contributed by atoms with Gasteiger partial charge in [-0.2, -0.15) is 5.26 Å². The summed E-state index contributed by atoms with van der Waals surface area (Å²) in [5.74, 6) is -0.564. The van der Waals surface area contributed by atoms with Gasteiger partial charge in [0.1, 0.15) is 17.4 Å². The Morgan fingerprint density at radius 1 is 1.23 bits per heavy atom. The van der Waals surface area contributed by atoms with E-state index in [-0.39, 0.29) is 17.1 Å². The molecule has 2 aromatic carbocycles. The molecule has 2 aromatic rings. The molecule has 0 atom stereocenters. The lowest BCUT2D eigenvalue weighted by atomic mass is 10.1. The number of methoxy groups -OCH3 is 1. The number of carbonyl (C=O) groups is 2. The number of amides is 1. The zero-order valence-electron chi connectivity index (χ0n) is 16.3. The number of hydrogen-bond acceptors (Lipinski definition) is 6. The van der Waals surface area contributed by atoms with Crippen molar-refractivity contribution in [3.8, 4) is 23.3 Å². The van der Waals surface area contributed by atoms with Crippen LogP contribution < -0.4 is 19.5 Å². The normalized spacial score (nSPS) is 10.7. The van der Waals surface area contributed by atoms with E-state index in [9.17, 15) is 14.9 Å². The molecule has 0 aromatic heterocycles. The number of nitriles is 1. The Hall–Kier alpha value is -3.51. The number of halogens is 1. The zero-order valence-corrected chi connectivity index (χ0v) is 17.9. The van der Waals surface area contributed by atoms with E-state index >= 15 is 0 Å². The molecule has 1 amide bonds. The molecule has 0 heterocycles. The SMILES string of the molecule is CCOc1cc(/C=C(\C#N)C(=O)Nc2ccc(OC)cc2)cc(Br)c1OCC(=O)O. The molecule has 0 saturated heterocycles. The molecule has 0 fully saturated rings. The van der Waals surface area contributed by atoms with Gasteiger partial charge < -0.3 is 24.6 Å². The summed E-state index contributed by atoms with van der Waals surface area (Å²) in [7, 11) is 1.54. The number of hydrogen-bond donors (Lipinski definition) is 2. The fourth-order valence-electron chi connectivity index (χ4n) is 2.40. The number of carboxylic acids is 1. The molecular formula is C21H19BrN2O6. The van der Waals surface area contributed by atoms with E-state index in [4.69, 9.17) is 19.3 Å². The smallest absolute Gasteiger partial charge is 0.341 e. The van der Waals surface area contributed by atoms with Crippen molar-refractivity contribution < 1.29 is 28.9 Å². The van der Waals surface area contributed by atoms with Crippen molar-refractivity contribution in [3.63, 3.8) is 0 Å². The summed E-state index contributed by atoms with van der Waals surface area (Å²) >= 11 is 3.31. The van der Waals surface area contributed by atoms with E-state index in [1.165, 1.54) is 13.2 Å². The van der Waals surface area contributed by atoms with Crippen molar-refractivity contribution in [2.75, 3.05) is 25.6 Å². The van der Waals surface area contributed by atoms with Gasteiger partial charge in [0.15, 0.2) is 18.1 Å². The summed E-state index contributed by atoms with van der Waals surface area (Å²) in [5.41, 5.74) is 0.879. The van der Waals surface area contributed by atoms with Gasteiger partial charge in [-0.15, -0.1) is 0 Å². The van der Waals surface area contributed by atoms with Crippen LogP contribution in [-0.2, 0) is 9.59 Å². The highest BCUT2D eigenvalue weighted by Crippen LogP contribution is 2.37. The predicted molar refractivity (Wildman–Crippen MR) is 114 cm³/mol. The van der Waals surface area contributed by atoms with Gasteiger partial charge in [-0.1, -0.05) is 0 Å². The van der Waals surface area contributed by atoms with E-state index in [1.807, 2.05) is 6.07 Å². The van der Waals surface area contributed by atoms with Gasteiger partial charge >= 0.3 is 5.97 Å². The van der Waals surface area contributed by atoms with Crippen LogP contribution in [0.2, 0.25) is 0 Å². The third-order valence-corrected chi connectivity index (χ3v) is 4.28. The first-order chi connectivity index (χ1) is 14.4. The van der Waals surface area contributed by atoms with Crippen LogP contribution in [0.4, 0.5) is 5.69 Å². The fourth-order valence-corrected chi connectivity index (χ4v) is 2.97. The molecule has 0 aliphatic heterocycles. The van der Waals surface area contributed by atoms with E-state index in [0.29, 0.717) is 28.1 Å². The Labute approximate surface area is 181 Å². The van der Waals surface area contributed by atoms with Crippen LogP contribution in [0.1, 0.15) is 12.5 Å². The van der Waals surface area contributed by atoms with Gasteiger partial charge in [0.25, 0.3) is 5.91 Å². The number of carbonyl (C=O) groups excluding carboxylic acids is 1. The Kier molecular flexibility index (Phi) is 8.26. The lowest BCUT2D eigenvalue weighted by molar-refractivity contribution is -0.139. The number of nitrogens with zero attached hydrogens (tertiary/aromatic N) is 1. The maximum Gasteiger partial charge on any atom is 0.341 e. The maximum absolute atomic E-state index is 12.5. The maximum atomic E-state index is 12.5. The number of ether oxygens (including phenoxy) is 3. The largest absolute Gasteiger partial charge is 0.497 e. The van der Waals surface area contributed by atoms with Crippen molar-refractivity contribution in [2.24, 2.45) is 0 Å². The third kappa shape index (κ3) is 6.25. The Balaban J connectivity index is 2.29. The van der Waals surface area contributed by atoms with Crippen molar-refractivity contribution in [1.29, 1.82) is 5.26 Å². The second kappa shape index (κ2) is 10.9. The molecule has 8 nitrogen and oxygen atoms in total. The van der Waals surface area contributed by atoms with Gasteiger partial charge in [-0.05, 0) is 70.9 Å². The highest BCUT2D eigenvalue weighted by Gasteiger charge is 2.15. The van der Waals surface area contributed by atoms with Crippen LogP contribution in [0.25, 0.3) is 6.08 Å². The van der Waals surface area contributed by atoms with E-state index in [0.717, 1.165) is 0 Å². The quantitative estimate of drug-likeness (QED) is 0.418. The first kappa shape index (κ1) is 22.8. The van der Waals surface area contributed by atoms with Crippen molar-refractivity contribution >= 4 is 39.6 Å². The summed E-state index contributed by atoms with van der Waals surface area (Å²) in [6.45, 7) is 1.54. The first-order valence-electron chi connectivity index (χ1n) is 8.76. The topological polar surface area (TPSA) is 118 Å². The Morgan fingerprint density at radius 2 is 1.93 bits per heavy atom. The van der Waals surface area contributed by atoms with Gasteiger partial charge in [-0.25, -0.2) is 4.79 Å². The van der Waals surface area contributed by atoms with Crippen LogP contribution in [-0.4, -0.2) is 37.3 Å². The van der Waals surface area contributed by atoms with E-state index in [2.05, 4.69) is 21.2 Å². The summed E-state index contributed by atoms with van der Waals surface area (Å²) < 4.78 is 16.3. The first-order valence-corrected chi connectivity index (χ1v) is 9.55. The van der Waals surface area contributed by atoms with Crippen molar-refractivity contribution in [2.45, 2.75) is 6.92 Å². The highest BCUT2D eigenvalue weighted by atomic mass is 79.9. The molecule has 2 rings (SSSR count). The summed E-state index contributed by atoms with van der Waals surface area (Å²) in [5, 5.41) is 20.9. The number of benzene rings is 2. The molecule has 0 saturated carbocycles. The lowest BCUT2D eigenvalue weighted by Gasteiger charge is -2.13. The monoisotopic (exact) mass is 474 g/mol. The highest BCUT2D eigenvalue weighted by molar-refractivity contribution is 9.10. The molecule has 156 valence electrons. The second-order valence-corrected chi connectivity index (χ2v) is 6.65. The Morgan fingerprint density at radius 3 is 2.50 bits per heavy atom. The molecule has 0 aliphatic rings.